The second kappa shape index (κ2) is 8.22. The number of hydrogen-bond donors (Lipinski definition) is 3. The topological polar surface area (TPSA) is 79.5 Å². The fourth-order valence-corrected chi connectivity index (χ4v) is 2.56. The van der Waals surface area contributed by atoms with Crippen LogP contribution in [0.1, 0.15) is 46.5 Å². The minimum Gasteiger partial charge on any atom is -0.444 e. The van der Waals surface area contributed by atoms with E-state index in [1.165, 1.54) is 6.42 Å². The van der Waals surface area contributed by atoms with E-state index < -0.39 is 5.60 Å². The molecule has 0 aromatic heterocycles. The Balaban J connectivity index is 2.39. The lowest BCUT2D eigenvalue weighted by molar-refractivity contribution is -0.120. The van der Waals surface area contributed by atoms with Crippen LogP contribution >= 0.6 is 0 Å². The molecular formula is C15H29N3O3. The Hall–Kier alpha value is -1.30. The highest BCUT2D eigenvalue weighted by Crippen LogP contribution is 2.24. The standard InChI is InChI=1S/C15H29N3O3/c1-15(2,3)21-14(20)18-9-11-7-5-6-8-12(11)17-10-13(19)16-4/h11-12,17H,5-10H2,1-4H3,(H,16,19)(H,18,20). The molecule has 0 radical (unpaired) electrons. The smallest absolute Gasteiger partial charge is 0.407 e. The van der Waals surface area contributed by atoms with E-state index in [1.807, 2.05) is 20.8 Å². The lowest BCUT2D eigenvalue weighted by Crippen LogP contribution is -2.47. The van der Waals surface area contributed by atoms with Crippen LogP contribution in [-0.2, 0) is 9.53 Å². The van der Waals surface area contributed by atoms with Gasteiger partial charge in [-0.1, -0.05) is 12.8 Å². The van der Waals surface area contributed by atoms with Crippen molar-refractivity contribution in [3.8, 4) is 0 Å². The predicted molar refractivity (Wildman–Crippen MR) is 82.1 cm³/mol. The first-order valence-electron chi connectivity index (χ1n) is 7.72. The summed E-state index contributed by atoms with van der Waals surface area (Å²) >= 11 is 0. The Morgan fingerprint density at radius 3 is 2.48 bits per heavy atom. The number of ether oxygens (including phenoxy) is 1. The number of carbonyl (C=O) groups is 2. The summed E-state index contributed by atoms with van der Waals surface area (Å²) < 4.78 is 5.25. The SMILES string of the molecule is CNC(=O)CNC1CCCCC1CNC(=O)OC(C)(C)C. The molecule has 0 aromatic carbocycles. The molecule has 122 valence electrons. The molecule has 0 heterocycles. The maximum absolute atomic E-state index is 11.7. The van der Waals surface area contributed by atoms with Gasteiger partial charge in [-0.15, -0.1) is 0 Å². The summed E-state index contributed by atoms with van der Waals surface area (Å²) in [5.41, 5.74) is -0.479. The van der Waals surface area contributed by atoms with Crippen LogP contribution in [-0.4, -0.2) is 43.8 Å². The molecule has 1 fully saturated rings. The van der Waals surface area contributed by atoms with Gasteiger partial charge in [-0.05, 0) is 39.5 Å². The van der Waals surface area contributed by atoms with Crippen LogP contribution in [0.25, 0.3) is 0 Å². The van der Waals surface area contributed by atoms with Gasteiger partial charge in [0.15, 0.2) is 0 Å². The fraction of sp³-hybridized carbons (Fsp3) is 0.867. The Morgan fingerprint density at radius 2 is 1.86 bits per heavy atom. The minimum atomic E-state index is -0.479. The second-order valence-corrected chi connectivity index (χ2v) is 6.59. The molecule has 0 saturated heterocycles. The van der Waals surface area contributed by atoms with E-state index in [2.05, 4.69) is 16.0 Å². The van der Waals surface area contributed by atoms with Crippen molar-refractivity contribution in [2.75, 3.05) is 20.1 Å². The third-order valence-electron chi connectivity index (χ3n) is 3.62. The minimum absolute atomic E-state index is 0.0144. The zero-order valence-corrected chi connectivity index (χ0v) is 13.6. The molecule has 2 unspecified atom stereocenters. The van der Waals surface area contributed by atoms with Crippen LogP contribution in [0.4, 0.5) is 4.79 Å². The van der Waals surface area contributed by atoms with Crippen molar-refractivity contribution >= 4 is 12.0 Å². The zero-order valence-electron chi connectivity index (χ0n) is 13.6. The molecule has 1 aliphatic carbocycles. The van der Waals surface area contributed by atoms with Crippen LogP contribution in [0.15, 0.2) is 0 Å². The van der Waals surface area contributed by atoms with Crippen molar-refractivity contribution in [3.63, 3.8) is 0 Å². The molecule has 0 spiro atoms. The van der Waals surface area contributed by atoms with E-state index in [0.717, 1.165) is 19.3 Å². The highest BCUT2D eigenvalue weighted by atomic mass is 16.6. The van der Waals surface area contributed by atoms with E-state index >= 15 is 0 Å². The van der Waals surface area contributed by atoms with Gasteiger partial charge in [-0.2, -0.15) is 0 Å². The van der Waals surface area contributed by atoms with Crippen molar-refractivity contribution in [2.24, 2.45) is 5.92 Å². The average molecular weight is 299 g/mol. The molecule has 6 nitrogen and oxygen atoms in total. The molecule has 1 saturated carbocycles. The summed E-state index contributed by atoms with van der Waals surface area (Å²) in [6.07, 6.45) is 4.05. The molecule has 0 bridgehead atoms. The fourth-order valence-electron chi connectivity index (χ4n) is 2.56. The number of amides is 2. The van der Waals surface area contributed by atoms with Gasteiger partial charge >= 0.3 is 6.09 Å². The molecule has 21 heavy (non-hydrogen) atoms. The van der Waals surface area contributed by atoms with Gasteiger partial charge in [0.05, 0.1) is 6.54 Å². The summed E-state index contributed by atoms with van der Waals surface area (Å²) in [6, 6.07) is 0.269. The Kier molecular flexibility index (Phi) is 6.95. The average Bonchev–Trinajstić information content (AvgIpc) is 2.41. The van der Waals surface area contributed by atoms with Gasteiger partial charge in [0, 0.05) is 19.6 Å². The summed E-state index contributed by atoms with van der Waals surface area (Å²) in [4.78, 5) is 23.0. The van der Waals surface area contributed by atoms with Gasteiger partial charge in [0.1, 0.15) is 5.60 Å². The summed E-state index contributed by atoms with van der Waals surface area (Å²) in [6.45, 7) is 6.45. The number of alkyl carbamates (subject to hydrolysis) is 1. The van der Waals surface area contributed by atoms with Crippen LogP contribution in [0.5, 0.6) is 0 Å². The van der Waals surface area contributed by atoms with Crippen molar-refractivity contribution in [2.45, 2.75) is 58.1 Å². The lowest BCUT2D eigenvalue weighted by atomic mass is 9.84. The monoisotopic (exact) mass is 299 g/mol. The van der Waals surface area contributed by atoms with Crippen LogP contribution < -0.4 is 16.0 Å². The third-order valence-corrected chi connectivity index (χ3v) is 3.62. The first kappa shape index (κ1) is 17.8. The molecule has 1 rings (SSSR count). The molecule has 2 amide bonds. The molecule has 3 N–H and O–H groups in total. The quantitative estimate of drug-likeness (QED) is 0.717. The first-order valence-corrected chi connectivity index (χ1v) is 7.72. The van der Waals surface area contributed by atoms with E-state index in [9.17, 15) is 9.59 Å². The van der Waals surface area contributed by atoms with Crippen LogP contribution in [0.2, 0.25) is 0 Å². The number of nitrogens with one attached hydrogen (secondary N) is 3. The Morgan fingerprint density at radius 1 is 1.19 bits per heavy atom. The summed E-state index contributed by atoms with van der Waals surface area (Å²) in [5, 5.41) is 8.73. The Labute approximate surface area is 127 Å². The predicted octanol–water partition coefficient (Wildman–Crippen LogP) is 1.41. The highest BCUT2D eigenvalue weighted by Gasteiger charge is 2.26. The molecule has 0 aromatic rings. The van der Waals surface area contributed by atoms with Crippen molar-refractivity contribution in [1.82, 2.24) is 16.0 Å². The van der Waals surface area contributed by atoms with E-state index in [1.54, 1.807) is 7.05 Å². The maximum Gasteiger partial charge on any atom is 0.407 e. The molecule has 1 aliphatic rings. The zero-order chi connectivity index (χ0) is 15.9. The highest BCUT2D eigenvalue weighted by molar-refractivity contribution is 5.77. The maximum atomic E-state index is 11.7. The summed E-state index contributed by atoms with van der Waals surface area (Å²) in [5.74, 6) is 0.329. The van der Waals surface area contributed by atoms with Gasteiger partial charge in [-0.25, -0.2) is 4.79 Å². The summed E-state index contributed by atoms with van der Waals surface area (Å²) in [7, 11) is 1.63. The van der Waals surface area contributed by atoms with E-state index in [-0.39, 0.29) is 18.0 Å². The van der Waals surface area contributed by atoms with Crippen LogP contribution in [0, 0.1) is 5.92 Å². The second-order valence-electron chi connectivity index (χ2n) is 6.59. The van der Waals surface area contributed by atoms with E-state index in [4.69, 9.17) is 4.74 Å². The van der Waals surface area contributed by atoms with Gasteiger partial charge in [0.25, 0.3) is 0 Å². The van der Waals surface area contributed by atoms with E-state index in [0.29, 0.717) is 19.0 Å². The van der Waals surface area contributed by atoms with Crippen molar-refractivity contribution in [3.05, 3.63) is 0 Å². The molecule has 0 aliphatic heterocycles. The molecule has 2 atom stereocenters. The van der Waals surface area contributed by atoms with Crippen LogP contribution in [0.3, 0.4) is 0 Å². The molecular weight excluding hydrogens is 270 g/mol. The lowest BCUT2D eigenvalue weighted by Gasteiger charge is -2.32. The Bertz CT molecular complexity index is 353. The third kappa shape index (κ3) is 7.32. The number of rotatable bonds is 5. The number of likely N-dealkylation sites (N-methyl/N-ethyl adjacent to an activating group) is 1. The van der Waals surface area contributed by atoms with Gasteiger partial charge in [0.2, 0.25) is 5.91 Å². The van der Waals surface area contributed by atoms with Gasteiger partial charge < -0.3 is 20.7 Å². The first-order chi connectivity index (χ1) is 9.81. The van der Waals surface area contributed by atoms with Crippen molar-refractivity contribution in [1.29, 1.82) is 0 Å². The number of hydrogen-bond acceptors (Lipinski definition) is 4. The number of carbonyl (C=O) groups excluding carboxylic acids is 2. The van der Waals surface area contributed by atoms with Crippen molar-refractivity contribution < 1.29 is 14.3 Å². The van der Waals surface area contributed by atoms with Gasteiger partial charge in [-0.3, -0.25) is 4.79 Å². The molecule has 6 heteroatoms. The normalized spacial score (nSPS) is 22.5. The largest absolute Gasteiger partial charge is 0.444 e.